The van der Waals surface area contributed by atoms with Crippen LogP contribution >= 0.6 is 0 Å². The van der Waals surface area contributed by atoms with E-state index in [2.05, 4.69) is 10.2 Å². The summed E-state index contributed by atoms with van der Waals surface area (Å²) in [6.07, 6.45) is 0.00472. The van der Waals surface area contributed by atoms with Crippen LogP contribution in [-0.2, 0) is 25.5 Å². The van der Waals surface area contributed by atoms with Gasteiger partial charge in [0.25, 0.3) is 0 Å². The predicted octanol–water partition coefficient (Wildman–Crippen LogP) is 0.578. The van der Waals surface area contributed by atoms with Gasteiger partial charge in [-0.15, -0.1) is 0 Å². The highest BCUT2D eigenvalue weighted by molar-refractivity contribution is 5.89. The third kappa shape index (κ3) is 4.56. The summed E-state index contributed by atoms with van der Waals surface area (Å²) in [5, 5.41) is 2.84. The van der Waals surface area contributed by atoms with Crippen molar-refractivity contribution in [2.75, 3.05) is 33.4 Å². The number of nitrogens with zero attached hydrogens (tertiary/aromatic N) is 1. The van der Waals surface area contributed by atoms with E-state index >= 15 is 0 Å². The molecule has 3 rings (SSSR count). The third-order valence-electron chi connectivity index (χ3n) is 4.48. The van der Waals surface area contributed by atoms with E-state index < -0.39 is 0 Å². The van der Waals surface area contributed by atoms with E-state index in [0.29, 0.717) is 18.8 Å². The molecule has 7 heteroatoms. The molecule has 7 nitrogen and oxygen atoms in total. The molecule has 0 radical (unpaired) electrons. The molecule has 1 amide bonds. The number of fused-ring (bicyclic) bond motifs is 1. The Morgan fingerprint density at radius 1 is 1.24 bits per heavy atom. The van der Waals surface area contributed by atoms with Gasteiger partial charge in [-0.2, -0.15) is 0 Å². The number of likely N-dealkylation sites (tertiary alicyclic amines) is 1. The van der Waals surface area contributed by atoms with Crippen molar-refractivity contribution in [1.82, 2.24) is 10.2 Å². The quantitative estimate of drug-likeness (QED) is 0.802. The summed E-state index contributed by atoms with van der Waals surface area (Å²) < 4.78 is 16.6. The van der Waals surface area contributed by atoms with Crippen molar-refractivity contribution >= 4 is 11.9 Å². The highest BCUT2D eigenvalue weighted by atomic mass is 16.6. The number of hydrogen-bond acceptors (Lipinski definition) is 6. The molecule has 1 aromatic carbocycles. The van der Waals surface area contributed by atoms with E-state index in [9.17, 15) is 9.59 Å². The second-order valence-electron chi connectivity index (χ2n) is 6.53. The molecule has 0 aliphatic carbocycles. The topological polar surface area (TPSA) is 77.1 Å². The number of hydrogen-bond donors (Lipinski definition) is 1. The molecule has 1 N–H and O–H groups in total. The smallest absolute Gasteiger partial charge is 0.337 e. The van der Waals surface area contributed by atoms with Gasteiger partial charge in [0.15, 0.2) is 0 Å². The second-order valence-corrected chi connectivity index (χ2v) is 6.53. The highest BCUT2D eigenvalue weighted by Gasteiger charge is 2.37. The van der Waals surface area contributed by atoms with E-state index in [4.69, 9.17) is 14.2 Å². The molecule has 2 saturated heterocycles. The lowest BCUT2D eigenvalue weighted by Crippen LogP contribution is -2.40. The van der Waals surface area contributed by atoms with Crippen LogP contribution in [0.5, 0.6) is 0 Å². The monoisotopic (exact) mass is 348 g/mol. The maximum Gasteiger partial charge on any atom is 0.337 e. The first kappa shape index (κ1) is 17.8. The average Bonchev–Trinajstić information content (AvgIpc) is 2.89. The molecule has 2 fully saturated rings. The largest absolute Gasteiger partial charge is 0.465 e. The van der Waals surface area contributed by atoms with Gasteiger partial charge in [-0.25, -0.2) is 4.79 Å². The minimum Gasteiger partial charge on any atom is -0.465 e. The van der Waals surface area contributed by atoms with E-state index in [1.807, 2.05) is 18.2 Å². The highest BCUT2D eigenvalue weighted by Crippen LogP contribution is 2.22. The standard InChI is InChI=1S/C18H24N2O5/c1-12(21)19-15-10-24-16-8-20(9-17(16)25-11-15)7-13-4-3-5-14(6-13)18(22)23-2/h3-6,15-17H,7-11H2,1-2H3,(H,19,21)/t16-,17-/m0/s1. The lowest BCUT2D eigenvalue weighted by molar-refractivity contribution is -0.120. The van der Waals surface area contributed by atoms with Crippen LogP contribution in [0.25, 0.3) is 0 Å². The molecule has 0 aromatic heterocycles. The number of nitrogens with one attached hydrogen (secondary N) is 1. The predicted molar refractivity (Wildman–Crippen MR) is 90.1 cm³/mol. The molecule has 2 heterocycles. The summed E-state index contributed by atoms with van der Waals surface area (Å²) in [7, 11) is 1.38. The third-order valence-corrected chi connectivity index (χ3v) is 4.48. The Kier molecular flexibility index (Phi) is 5.67. The summed E-state index contributed by atoms with van der Waals surface area (Å²) in [4.78, 5) is 25.1. The Hall–Kier alpha value is -1.96. The van der Waals surface area contributed by atoms with Crippen molar-refractivity contribution < 1.29 is 23.8 Å². The van der Waals surface area contributed by atoms with Crippen molar-refractivity contribution in [2.24, 2.45) is 0 Å². The van der Waals surface area contributed by atoms with Gasteiger partial charge in [0, 0.05) is 26.6 Å². The number of ether oxygens (including phenoxy) is 3. The zero-order valence-electron chi connectivity index (χ0n) is 14.6. The summed E-state index contributed by atoms with van der Waals surface area (Å²) in [5.41, 5.74) is 1.61. The Morgan fingerprint density at radius 2 is 1.92 bits per heavy atom. The van der Waals surface area contributed by atoms with Crippen LogP contribution in [-0.4, -0.2) is 68.4 Å². The number of amides is 1. The van der Waals surface area contributed by atoms with Crippen LogP contribution in [0.2, 0.25) is 0 Å². The summed E-state index contributed by atoms with van der Waals surface area (Å²) >= 11 is 0. The number of methoxy groups -OCH3 is 1. The van der Waals surface area contributed by atoms with E-state index in [1.54, 1.807) is 6.07 Å². The van der Waals surface area contributed by atoms with Crippen LogP contribution in [0.1, 0.15) is 22.8 Å². The minimum atomic E-state index is -0.330. The number of benzene rings is 1. The van der Waals surface area contributed by atoms with Gasteiger partial charge in [-0.3, -0.25) is 9.69 Å². The summed E-state index contributed by atoms with van der Waals surface area (Å²) in [6, 6.07) is 7.37. The van der Waals surface area contributed by atoms with Crippen LogP contribution in [0.3, 0.4) is 0 Å². The Morgan fingerprint density at radius 3 is 2.52 bits per heavy atom. The van der Waals surface area contributed by atoms with Crippen LogP contribution < -0.4 is 5.32 Å². The number of carbonyl (C=O) groups is 2. The molecular formula is C18H24N2O5. The van der Waals surface area contributed by atoms with Crippen molar-refractivity contribution in [3.8, 4) is 0 Å². The molecule has 0 saturated carbocycles. The molecule has 0 unspecified atom stereocenters. The van der Waals surface area contributed by atoms with Crippen molar-refractivity contribution in [3.05, 3.63) is 35.4 Å². The van der Waals surface area contributed by atoms with Gasteiger partial charge in [0.05, 0.1) is 44.1 Å². The maximum atomic E-state index is 11.6. The average molecular weight is 348 g/mol. The Labute approximate surface area is 147 Å². The number of carbonyl (C=O) groups excluding carboxylic acids is 2. The first-order valence-electron chi connectivity index (χ1n) is 8.45. The lowest BCUT2D eigenvalue weighted by atomic mass is 10.1. The van der Waals surface area contributed by atoms with Crippen LogP contribution in [0.15, 0.2) is 24.3 Å². The van der Waals surface area contributed by atoms with E-state index in [-0.39, 0.29) is 30.1 Å². The fraction of sp³-hybridized carbons (Fsp3) is 0.556. The SMILES string of the molecule is COC(=O)c1cccc(CN2C[C@@H]3OCC(NC(C)=O)CO[C@H]3C2)c1. The fourth-order valence-electron chi connectivity index (χ4n) is 3.34. The van der Waals surface area contributed by atoms with Crippen LogP contribution in [0, 0.1) is 0 Å². The normalized spacial score (nSPS) is 24.4. The second kappa shape index (κ2) is 7.95. The van der Waals surface area contributed by atoms with Gasteiger partial charge < -0.3 is 19.5 Å². The van der Waals surface area contributed by atoms with Gasteiger partial charge in [0.1, 0.15) is 0 Å². The summed E-state index contributed by atoms with van der Waals surface area (Å²) in [5.74, 6) is -0.402. The fourth-order valence-corrected chi connectivity index (χ4v) is 3.34. The van der Waals surface area contributed by atoms with Crippen molar-refractivity contribution in [2.45, 2.75) is 31.7 Å². The van der Waals surface area contributed by atoms with Gasteiger partial charge in [0.2, 0.25) is 5.91 Å². The lowest BCUT2D eigenvalue weighted by Gasteiger charge is -2.19. The maximum absolute atomic E-state index is 11.6. The van der Waals surface area contributed by atoms with Gasteiger partial charge in [-0.1, -0.05) is 12.1 Å². The van der Waals surface area contributed by atoms with Crippen molar-refractivity contribution in [3.63, 3.8) is 0 Å². The zero-order chi connectivity index (χ0) is 17.8. The minimum absolute atomic E-state index is 0.00236. The van der Waals surface area contributed by atoms with E-state index in [0.717, 1.165) is 25.2 Å². The number of esters is 1. The molecule has 0 spiro atoms. The van der Waals surface area contributed by atoms with Crippen molar-refractivity contribution in [1.29, 1.82) is 0 Å². The molecule has 2 aliphatic rings. The number of rotatable bonds is 4. The Balaban J connectivity index is 1.56. The Bertz CT molecular complexity index is 620. The van der Waals surface area contributed by atoms with Gasteiger partial charge in [-0.05, 0) is 17.7 Å². The summed E-state index contributed by atoms with van der Waals surface area (Å²) in [6.45, 7) is 4.67. The molecular weight excluding hydrogens is 324 g/mol. The molecule has 0 bridgehead atoms. The molecule has 25 heavy (non-hydrogen) atoms. The molecule has 2 aliphatic heterocycles. The molecule has 2 atom stereocenters. The molecule has 136 valence electrons. The van der Waals surface area contributed by atoms with Gasteiger partial charge >= 0.3 is 5.97 Å². The zero-order valence-corrected chi connectivity index (χ0v) is 14.6. The first-order chi connectivity index (χ1) is 12.0. The first-order valence-corrected chi connectivity index (χ1v) is 8.45. The molecule has 1 aromatic rings. The van der Waals surface area contributed by atoms with Crippen LogP contribution in [0.4, 0.5) is 0 Å². The van der Waals surface area contributed by atoms with E-state index in [1.165, 1.54) is 14.0 Å².